The molecule has 1 fully saturated rings. The molecule has 2 aliphatic rings. The normalized spacial score (nSPS) is 17.5. The molecule has 0 aromatic carbocycles. The Morgan fingerprint density at radius 2 is 2.06 bits per heavy atom. The number of rotatable bonds is 4. The van der Waals surface area contributed by atoms with E-state index in [1.165, 1.54) is 22.1 Å². The third-order valence-electron chi connectivity index (χ3n) is 6.29. The van der Waals surface area contributed by atoms with Gasteiger partial charge in [0, 0.05) is 32.0 Å². The van der Waals surface area contributed by atoms with E-state index in [-0.39, 0.29) is 28.3 Å². The average molecular weight is 473 g/mol. The van der Waals surface area contributed by atoms with E-state index in [0.717, 1.165) is 17.7 Å². The van der Waals surface area contributed by atoms with Crippen LogP contribution < -0.4 is 0 Å². The number of nitrogens with zero attached hydrogens (tertiary/aromatic N) is 8. The van der Waals surface area contributed by atoms with Crippen LogP contribution in [0.25, 0.3) is 16.7 Å². The van der Waals surface area contributed by atoms with Crippen molar-refractivity contribution in [2.24, 2.45) is 4.99 Å². The molecule has 1 unspecified atom stereocenters. The maximum absolute atomic E-state index is 14.8. The summed E-state index contributed by atoms with van der Waals surface area (Å²) < 4.78 is 16.2. The number of Topliss-reactive ketones (excluding diaryl/α,β-unsaturated/α-hetero) is 1. The van der Waals surface area contributed by atoms with Gasteiger partial charge in [0.25, 0.3) is 11.7 Å². The van der Waals surface area contributed by atoms with Gasteiger partial charge in [-0.2, -0.15) is 5.10 Å². The Hall–Kier alpha value is -4.48. The maximum atomic E-state index is 14.8. The summed E-state index contributed by atoms with van der Waals surface area (Å²) in [6.07, 6.45) is 5.52. The molecule has 12 heteroatoms. The zero-order valence-electron chi connectivity index (χ0n) is 18.7. The lowest BCUT2D eigenvalue weighted by Crippen LogP contribution is -2.56. The molecule has 2 aliphatic heterocycles. The minimum atomic E-state index is -0.778. The number of fused-ring (bicyclic) bond motifs is 2. The Kier molecular flexibility index (Phi) is 4.87. The van der Waals surface area contributed by atoms with Crippen LogP contribution in [-0.4, -0.2) is 89.3 Å². The van der Waals surface area contributed by atoms with Crippen molar-refractivity contribution in [3.05, 3.63) is 66.0 Å². The molecule has 4 aromatic heterocycles. The van der Waals surface area contributed by atoms with Crippen molar-refractivity contribution in [3.8, 4) is 5.82 Å². The zero-order valence-corrected chi connectivity index (χ0v) is 18.7. The molecule has 4 aromatic rings. The number of pyridine rings is 2. The quantitative estimate of drug-likeness (QED) is 0.348. The number of aryl methyl sites for hydroxylation is 1. The molecule has 11 nitrogen and oxygen atoms in total. The van der Waals surface area contributed by atoms with E-state index in [4.69, 9.17) is 0 Å². The lowest BCUT2D eigenvalue weighted by Gasteiger charge is -2.38. The van der Waals surface area contributed by atoms with Gasteiger partial charge in [-0.15, -0.1) is 0 Å². The van der Waals surface area contributed by atoms with Crippen molar-refractivity contribution in [2.45, 2.75) is 13.0 Å². The van der Waals surface area contributed by atoms with Gasteiger partial charge >= 0.3 is 0 Å². The zero-order chi connectivity index (χ0) is 24.1. The SMILES string of the molecule is Cc1ncn(-c2ncc(F)c3c(C(=O)C(=O)N4CCN5C(c6ccccn6)=NCC5C4)c[nH]c23)n1. The van der Waals surface area contributed by atoms with Crippen LogP contribution in [0.15, 0.2) is 48.1 Å². The van der Waals surface area contributed by atoms with Crippen molar-refractivity contribution >= 4 is 28.4 Å². The predicted molar refractivity (Wildman–Crippen MR) is 123 cm³/mol. The third-order valence-corrected chi connectivity index (χ3v) is 6.29. The van der Waals surface area contributed by atoms with Crippen molar-refractivity contribution in [1.29, 1.82) is 0 Å². The molecule has 1 amide bonds. The second-order valence-electron chi connectivity index (χ2n) is 8.43. The highest BCUT2D eigenvalue weighted by Gasteiger charge is 2.38. The Bertz CT molecular complexity index is 1490. The summed E-state index contributed by atoms with van der Waals surface area (Å²) in [5.74, 6) is -0.551. The molecule has 0 aliphatic carbocycles. The first-order valence-electron chi connectivity index (χ1n) is 11.1. The number of nitrogens with one attached hydrogen (secondary N) is 1. The average Bonchev–Trinajstić information content (AvgIpc) is 3.62. The first-order valence-corrected chi connectivity index (χ1v) is 11.1. The van der Waals surface area contributed by atoms with Crippen LogP contribution >= 0.6 is 0 Å². The molecule has 0 saturated carbocycles. The smallest absolute Gasteiger partial charge is 0.295 e. The Labute approximate surface area is 198 Å². The molecule has 35 heavy (non-hydrogen) atoms. The summed E-state index contributed by atoms with van der Waals surface area (Å²) in [6, 6.07) is 5.61. The van der Waals surface area contributed by atoms with Crippen LogP contribution in [0, 0.1) is 12.7 Å². The number of ketones is 1. The summed E-state index contributed by atoms with van der Waals surface area (Å²) in [7, 11) is 0. The number of carbonyl (C=O) groups is 2. The lowest BCUT2D eigenvalue weighted by molar-refractivity contribution is -0.128. The molecule has 176 valence electrons. The number of hydrogen-bond donors (Lipinski definition) is 1. The van der Waals surface area contributed by atoms with Crippen molar-refractivity contribution in [2.75, 3.05) is 26.2 Å². The molecular formula is C23H20FN9O2. The molecule has 1 N–H and O–H groups in total. The topological polar surface area (TPSA) is 125 Å². The van der Waals surface area contributed by atoms with Crippen molar-refractivity contribution in [3.63, 3.8) is 0 Å². The van der Waals surface area contributed by atoms with Gasteiger partial charge in [-0.3, -0.25) is 19.6 Å². The lowest BCUT2D eigenvalue weighted by atomic mass is 10.1. The number of piperazine rings is 1. The standard InChI is InChI=1S/C23H20FN9O2/c1-13-29-12-33(30-13)22-19-18(16(24)10-28-22)15(9-26-19)20(34)23(35)31-6-7-32-14(11-31)8-27-21(32)17-4-2-3-5-25-17/h2-5,9-10,12,14,26H,6-8,11H2,1H3. The second kappa shape index (κ2) is 8.08. The number of amides is 1. The number of carbonyl (C=O) groups excluding carboxylic acids is 2. The van der Waals surface area contributed by atoms with Crippen LogP contribution in [-0.2, 0) is 4.79 Å². The molecule has 1 atom stereocenters. The fourth-order valence-electron chi connectivity index (χ4n) is 4.63. The largest absolute Gasteiger partial charge is 0.357 e. The molecule has 6 rings (SSSR count). The number of aromatic nitrogens is 6. The number of H-pyrrole nitrogens is 1. The molecule has 0 radical (unpaired) electrons. The minimum absolute atomic E-state index is 0.00165. The van der Waals surface area contributed by atoms with E-state index < -0.39 is 17.5 Å². The van der Waals surface area contributed by atoms with E-state index in [1.807, 2.05) is 18.2 Å². The highest BCUT2D eigenvalue weighted by atomic mass is 19.1. The van der Waals surface area contributed by atoms with E-state index in [0.29, 0.717) is 32.0 Å². The van der Waals surface area contributed by atoms with Crippen molar-refractivity contribution < 1.29 is 14.0 Å². The van der Waals surface area contributed by atoms with Gasteiger partial charge in [0.05, 0.1) is 35.2 Å². The summed E-state index contributed by atoms with van der Waals surface area (Å²) in [5.41, 5.74) is 1.01. The second-order valence-corrected chi connectivity index (χ2v) is 8.43. The minimum Gasteiger partial charge on any atom is -0.357 e. The van der Waals surface area contributed by atoms with Crippen LogP contribution in [0.3, 0.4) is 0 Å². The molecule has 0 bridgehead atoms. The van der Waals surface area contributed by atoms with Crippen LogP contribution in [0.5, 0.6) is 0 Å². The fraction of sp³-hybridized carbons (Fsp3) is 0.261. The van der Waals surface area contributed by atoms with E-state index >= 15 is 0 Å². The summed E-state index contributed by atoms with van der Waals surface area (Å²) in [4.78, 5) is 50.1. The fourth-order valence-corrected chi connectivity index (χ4v) is 4.63. The van der Waals surface area contributed by atoms with Gasteiger partial charge in [-0.05, 0) is 19.1 Å². The van der Waals surface area contributed by atoms with Gasteiger partial charge < -0.3 is 14.8 Å². The van der Waals surface area contributed by atoms with Crippen LogP contribution in [0.1, 0.15) is 21.9 Å². The number of aliphatic imine (C=N–C) groups is 1. The Morgan fingerprint density at radius 1 is 1.17 bits per heavy atom. The van der Waals surface area contributed by atoms with E-state index in [2.05, 4.69) is 34.9 Å². The summed E-state index contributed by atoms with van der Waals surface area (Å²) in [6.45, 7) is 3.45. The molecule has 6 heterocycles. The molecular weight excluding hydrogens is 453 g/mol. The first kappa shape index (κ1) is 21.1. The third kappa shape index (κ3) is 3.45. The highest BCUT2D eigenvalue weighted by Crippen LogP contribution is 2.27. The van der Waals surface area contributed by atoms with Crippen LogP contribution in [0.4, 0.5) is 4.39 Å². The van der Waals surface area contributed by atoms with Gasteiger partial charge in [0.2, 0.25) is 0 Å². The van der Waals surface area contributed by atoms with Gasteiger partial charge in [0.15, 0.2) is 11.6 Å². The van der Waals surface area contributed by atoms with Gasteiger partial charge in [-0.1, -0.05) is 6.07 Å². The number of aromatic amines is 1. The Morgan fingerprint density at radius 3 is 2.83 bits per heavy atom. The summed E-state index contributed by atoms with van der Waals surface area (Å²) >= 11 is 0. The van der Waals surface area contributed by atoms with E-state index in [9.17, 15) is 14.0 Å². The van der Waals surface area contributed by atoms with Crippen molar-refractivity contribution in [1.82, 2.24) is 39.5 Å². The molecule has 1 saturated heterocycles. The van der Waals surface area contributed by atoms with Crippen LogP contribution in [0.2, 0.25) is 0 Å². The van der Waals surface area contributed by atoms with Gasteiger partial charge in [0.1, 0.15) is 23.7 Å². The predicted octanol–water partition coefficient (Wildman–Crippen LogP) is 1.14. The number of halogens is 1. The van der Waals surface area contributed by atoms with E-state index in [1.54, 1.807) is 13.1 Å². The Balaban J connectivity index is 1.24. The maximum Gasteiger partial charge on any atom is 0.295 e. The summed E-state index contributed by atoms with van der Waals surface area (Å²) in [5, 5.41) is 4.20. The number of hydrogen-bond acceptors (Lipinski definition) is 8. The highest BCUT2D eigenvalue weighted by molar-refractivity contribution is 6.45. The van der Waals surface area contributed by atoms with Gasteiger partial charge in [-0.25, -0.2) is 19.0 Å². The first-order chi connectivity index (χ1) is 17.0. The monoisotopic (exact) mass is 473 g/mol. The number of amidine groups is 1. The molecule has 0 spiro atoms.